The van der Waals surface area contributed by atoms with Gasteiger partial charge in [0.05, 0.1) is 0 Å². The van der Waals surface area contributed by atoms with E-state index >= 15 is 0 Å². The molecule has 2 N–H and O–H groups in total. The summed E-state index contributed by atoms with van der Waals surface area (Å²) in [6.45, 7) is 7.48. The fraction of sp³-hybridized carbons (Fsp3) is 0.667. The van der Waals surface area contributed by atoms with E-state index in [2.05, 4.69) is 29.5 Å². The van der Waals surface area contributed by atoms with Crippen molar-refractivity contribution in [3.05, 3.63) is 11.1 Å². The molecule has 1 aliphatic heterocycles. The number of urea groups is 1. The minimum atomic E-state index is -0.249. The molecule has 2 rings (SSSR count). The first-order chi connectivity index (χ1) is 10.5. The maximum atomic E-state index is 12.0. The molecule has 2 heterocycles. The van der Waals surface area contributed by atoms with Crippen LogP contribution in [0.1, 0.15) is 38.5 Å². The van der Waals surface area contributed by atoms with E-state index in [9.17, 15) is 9.59 Å². The van der Waals surface area contributed by atoms with Crippen molar-refractivity contribution >= 4 is 28.4 Å². The second-order valence-electron chi connectivity index (χ2n) is 6.01. The van der Waals surface area contributed by atoms with E-state index in [0.717, 1.165) is 12.8 Å². The number of likely N-dealkylation sites (tertiary alicyclic amines) is 1. The Bertz CT molecular complexity index is 529. The Morgan fingerprint density at radius 3 is 2.95 bits per heavy atom. The number of aromatic nitrogens is 1. The molecular formula is C15H24N4O2S. The van der Waals surface area contributed by atoms with Crippen LogP contribution in [0.15, 0.2) is 6.20 Å². The van der Waals surface area contributed by atoms with Gasteiger partial charge in [0.2, 0.25) is 5.91 Å². The zero-order valence-corrected chi connectivity index (χ0v) is 14.2. The van der Waals surface area contributed by atoms with Crippen LogP contribution in [0.5, 0.6) is 0 Å². The van der Waals surface area contributed by atoms with Crippen LogP contribution in [0.25, 0.3) is 0 Å². The SMILES string of the molecule is CCC(=O)N1CC[C@@H](NC(=O)Nc2ncc(CC(C)C)s2)C1. The van der Waals surface area contributed by atoms with Gasteiger partial charge >= 0.3 is 6.03 Å². The van der Waals surface area contributed by atoms with Crippen molar-refractivity contribution < 1.29 is 9.59 Å². The molecule has 0 bridgehead atoms. The second kappa shape index (κ2) is 7.58. The summed E-state index contributed by atoms with van der Waals surface area (Å²) in [4.78, 5) is 30.8. The Balaban J connectivity index is 1.79. The van der Waals surface area contributed by atoms with E-state index in [4.69, 9.17) is 0 Å². The third kappa shape index (κ3) is 4.69. The summed E-state index contributed by atoms with van der Waals surface area (Å²) in [6, 6.07) is -0.230. The van der Waals surface area contributed by atoms with Gasteiger partial charge in [-0.25, -0.2) is 9.78 Å². The van der Waals surface area contributed by atoms with Crippen LogP contribution in [-0.4, -0.2) is 41.0 Å². The highest BCUT2D eigenvalue weighted by atomic mass is 32.1. The standard InChI is InChI=1S/C15H24N4O2S/c1-4-13(20)19-6-5-11(9-19)17-14(21)18-15-16-8-12(22-15)7-10(2)3/h8,10-11H,4-7,9H2,1-3H3,(H2,16,17,18,21)/t11-/m1/s1. The molecule has 0 aliphatic carbocycles. The highest BCUT2D eigenvalue weighted by Gasteiger charge is 2.26. The molecule has 7 heteroatoms. The van der Waals surface area contributed by atoms with Crippen LogP contribution in [0.2, 0.25) is 0 Å². The van der Waals surface area contributed by atoms with Gasteiger partial charge in [-0.3, -0.25) is 10.1 Å². The van der Waals surface area contributed by atoms with Crippen LogP contribution in [-0.2, 0) is 11.2 Å². The normalized spacial score (nSPS) is 17.8. The van der Waals surface area contributed by atoms with Gasteiger partial charge in [-0.2, -0.15) is 0 Å². The molecule has 1 aromatic rings. The number of rotatable bonds is 5. The van der Waals surface area contributed by atoms with Crippen LogP contribution in [0.4, 0.5) is 9.93 Å². The molecule has 0 radical (unpaired) electrons. The topological polar surface area (TPSA) is 74.3 Å². The van der Waals surface area contributed by atoms with Gasteiger partial charge in [0.15, 0.2) is 5.13 Å². The van der Waals surface area contributed by atoms with Crippen molar-refractivity contribution in [2.45, 2.75) is 46.1 Å². The fourth-order valence-corrected chi connectivity index (χ4v) is 3.53. The average molecular weight is 324 g/mol. The van der Waals surface area contributed by atoms with Crippen molar-refractivity contribution in [1.29, 1.82) is 0 Å². The summed E-state index contributed by atoms with van der Waals surface area (Å²) < 4.78 is 0. The van der Waals surface area contributed by atoms with Crippen LogP contribution in [0, 0.1) is 5.92 Å². The van der Waals surface area contributed by atoms with Gasteiger partial charge in [0.1, 0.15) is 0 Å². The zero-order valence-electron chi connectivity index (χ0n) is 13.4. The Kier molecular flexibility index (Phi) is 5.76. The summed E-state index contributed by atoms with van der Waals surface area (Å²) in [6.07, 6.45) is 4.10. The number of hydrogen-bond acceptors (Lipinski definition) is 4. The minimum absolute atomic E-state index is 0.0191. The molecule has 1 atom stereocenters. The highest BCUT2D eigenvalue weighted by molar-refractivity contribution is 7.15. The number of amides is 3. The monoisotopic (exact) mass is 324 g/mol. The third-order valence-corrected chi connectivity index (χ3v) is 4.50. The van der Waals surface area contributed by atoms with E-state index in [0.29, 0.717) is 30.6 Å². The smallest absolute Gasteiger partial charge is 0.321 e. The van der Waals surface area contributed by atoms with Gasteiger partial charge in [-0.15, -0.1) is 11.3 Å². The summed E-state index contributed by atoms with van der Waals surface area (Å²) >= 11 is 1.51. The highest BCUT2D eigenvalue weighted by Crippen LogP contribution is 2.21. The zero-order chi connectivity index (χ0) is 16.1. The molecule has 0 spiro atoms. The van der Waals surface area contributed by atoms with Crippen LogP contribution in [0.3, 0.4) is 0 Å². The molecule has 0 aromatic carbocycles. The van der Waals surface area contributed by atoms with Gasteiger partial charge < -0.3 is 10.2 Å². The lowest BCUT2D eigenvalue weighted by atomic mass is 10.1. The molecule has 1 saturated heterocycles. The largest absolute Gasteiger partial charge is 0.341 e. The molecule has 0 saturated carbocycles. The van der Waals surface area contributed by atoms with E-state index in [1.54, 1.807) is 4.90 Å². The number of anilines is 1. The average Bonchev–Trinajstić information content (AvgIpc) is 3.07. The lowest BCUT2D eigenvalue weighted by molar-refractivity contribution is -0.129. The molecule has 3 amide bonds. The van der Waals surface area contributed by atoms with Crippen LogP contribution < -0.4 is 10.6 Å². The van der Waals surface area contributed by atoms with Crippen molar-refractivity contribution in [3.63, 3.8) is 0 Å². The Morgan fingerprint density at radius 2 is 2.27 bits per heavy atom. The number of thiazole rings is 1. The van der Waals surface area contributed by atoms with Gasteiger partial charge in [0.25, 0.3) is 0 Å². The first-order valence-electron chi connectivity index (χ1n) is 7.78. The number of carbonyl (C=O) groups is 2. The third-order valence-electron chi connectivity index (χ3n) is 3.56. The molecule has 0 unspecified atom stereocenters. The molecule has 122 valence electrons. The predicted octanol–water partition coefficient (Wildman–Crippen LogP) is 2.47. The lowest BCUT2D eigenvalue weighted by Crippen LogP contribution is -2.40. The second-order valence-corrected chi connectivity index (χ2v) is 7.12. The maximum absolute atomic E-state index is 12.0. The van der Waals surface area contributed by atoms with E-state index < -0.39 is 0 Å². The molecule has 6 nitrogen and oxygen atoms in total. The Morgan fingerprint density at radius 1 is 1.50 bits per heavy atom. The fourth-order valence-electron chi connectivity index (χ4n) is 2.51. The molecule has 1 aliphatic rings. The van der Waals surface area contributed by atoms with Crippen molar-refractivity contribution in [2.24, 2.45) is 5.92 Å². The van der Waals surface area contributed by atoms with Gasteiger partial charge in [-0.05, 0) is 18.8 Å². The van der Waals surface area contributed by atoms with E-state index in [1.165, 1.54) is 16.2 Å². The van der Waals surface area contributed by atoms with E-state index in [-0.39, 0.29) is 18.0 Å². The predicted molar refractivity (Wildman–Crippen MR) is 88.1 cm³/mol. The minimum Gasteiger partial charge on any atom is -0.341 e. The van der Waals surface area contributed by atoms with Gasteiger partial charge in [-0.1, -0.05) is 20.8 Å². The maximum Gasteiger partial charge on any atom is 0.321 e. The first kappa shape index (κ1) is 16.7. The first-order valence-corrected chi connectivity index (χ1v) is 8.59. The Hall–Kier alpha value is -1.63. The van der Waals surface area contributed by atoms with Crippen molar-refractivity contribution in [3.8, 4) is 0 Å². The molecule has 1 fully saturated rings. The number of nitrogens with zero attached hydrogens (tertiary/aromatic N) is 2. The molecule has 22 heavy (non-hydrogen) atoms. The summed E-state index contributed by atoms with van der Waals surface area (Å²) in [5.41, 5.74) is 0. The summed E-state index contributed by atoms with van der Waals surface area (Å²) in [7, 11) is 0. The lowest BCUT2D eigenvalue weighted by Gasteiger charge is -2.16. The Labute approximate surface area is 135 Å². The summed E-state index contributed by atoms with van der Waals surface area (Å²) in [5.74, 6) is 0.714. The number of hydrogen-bond donors (Lipinski definition) is 2. The van der Waals surface area contributed by atoms with Gasteiger partial charge in [0, 0.05) is 36.6 Å². The van der Waals surface area contributed by atoms with E-state index in [1.807, 2.05) is 13.1 Å². The summed E-state index contributed by atoms with van der Waals surface area (Å²) in [5, 5.41) is 6.30. The molecular weight excluding hydrogens is 300 g/mol. The number of carbonyl (C=O) groups excluding carboxylic acids is 2. The van der Waals surface area contributed by atoms with Crippen molar-refractivity contribution in [1.82, 2.24) is 15.2 Å². The van der Waals surface area contributed by atoms with Crippen molar-refractivity contribution in [2.75, 3.05) is 18.4 Å². The number of nitrogens with one attached hydrogen (secondary N) is 2. The quantitative estimate of drug-likeness (QED) is 0.874. The van der Waals surface area contributed by atoms with Crippen LogP contribution >= 0.6 is 11.3 Å². The molecule has 1 aromatic heterocycles.